The summed E-state index contributed by atoms with van der Waals surface area (Å²) in [5.41, 5.74) is 0.580. The van der Waals surface area contributed by atoms with Gasteiger partial charge in [-0.3, -0.25) is 4.79 Å². The molecule has 0 bridgehead atoms. The summed E-state index contributed by atoms with van der Waals surface area (Å²) >= 11 is 0. The van der Waals surface area contributed by atoms with Gasteiger partial charge in [0.15, 0.2) is 18.1 Å². The summed E-state index contributed by atoms with van der Waals surface area (Å²) < 4.78 is 43.7. The lowest BCUT2D eigenvalue weighted by atomic mass is 10.2. The molecule has 1 fully saturated rings. The van der Waals surface area contributed by atoms with Crippen molar-refractivity contribution < 1.29 is 27.4 Å². The van der Waals surface area contributed by atoms with Crippen molar-refractivity contribution in [1.29, 1.82) is 0 Å². The summed E-state index contributed by atoms with van der Waals surface area (Å²) in [7, 11) is -3.51. The van der Waals surface area contributed by atoms with Crippen molar-refractivity contribution in [3.8, 4) is 17.2 Å². The van der Waals surface area contributed by atoms with Gasteiger partial charge in [0.05, 0.1) is 4.90 Å². The van der Waals surface area contributed by atoms with Crippen LogP contribution in [0.15, 0.2) is 47.4 Å². The highest BCUT2D eigenvalue weighted by Crippen LogP contribution is 2.32. The average Bonchev–Trinajstić information content (AvgIpc) is 3.08. The van der Waals surface area contributed by atoms with Crippen molar-refractivity contribution in [1.82, 2.24) is 4.31 Å². The van der Waals surface area contributed by atoms with Gasteiger partial charge < -0.3 is 19.5 Å². The Balaban J connectivity index is 1.32. The van der Waals surface area contributed by atoms with Crippen LogP contribution in [-0.2, 0) is 14.8 Å². The van der Waals surface area contributed by atoms with Crippen molar-refractivity contribution in [3.05, 3.63) is 42.5 Å². The van der Waals surface area contributed by atoms with E-state index < -0.39 is 10.0 Å². The first-order chi connectivity index (χ1) is 15.0. The molecule has 1 N–H and O–H groups in total. The summed E-state index contributed by atoms with van der Waals surface area (Å²) in [6.07, 6.45) is 3.90. The number of carbonyl (C=O) groups is 1. The van der Waals surface area contributed by atoms with E-state index in [2.05, 4.69) is 5.32 Å². The van der Waals surface area contributed by atoms with E-state index in [0.717, 1.165) is 25.7 Å². The number of benzene rings is 2. The normalized spacial score (nSPS) is 16.9. The lowest BCUT2D eigenvalue weighted by molar-refractivity contribution is -0.118. The fourth-order valence-electron chi connectivity index (χ4n) is 3.61. The fraction of sp³-hybridized carbons (Fsp3) is 0.409. The van der Waals surface area contributed by atoms with Crippen LogP contribution in [0.5, 0.6) is 17.2 Å². The quantitative estimate of drug-likeness (QED) is 0.733. The van der Waals surface area contributed by atoms with Gasteiger partial charge in [-0.05, 0) is 49.2 Å². The Hall–Kier alpha value is -2.78. The highest BCUT2D eigenvalue weighted by atomic mass is 32.2. The van der Waals surface area contributed by atoms with Crippen molar-refractivity contribution in [3.63, 3.8) is 0 Å². The second-order valence-corrected chi connectivity index (χ2v) is 9.42. The zero-order valence-electron chi connectivity index (χ0n) is 17.2. The SMILES string of the molecule is O=C(COc1ccc(S(=O)(=O)N2CCCCCC2)cc1)Nc1ccc2c(c1)OCCO2. The van der Waals surface area contributed by atoms with E-state index in [4.69, 9.17) is 14.2 Å². The molecule has 0 unspecified atom stereocenters. The van der Waals surface area contributed by atoms with Gasteiger partial charge in [-0.25, -0.2) is 8.42 Å². The molecule has 2 aromatic rings. The van der Waals surface area contributed by atoms with Crippen LogP contribution in [0.25, 0.3) is 0 Å². The van der Waals surface area contributed by atoms with E-state index in [1.165, 1.54) is 12.1 Å². The molecule has 2 aliphatic heterocycles. The first kappa shape index (κ1) is 21.5. The second kappa shape index (κ2) is 9.57. The lowest BCUT2D eigenvalue weighted by Gasteiger charge is -2.20. The van der Waals surface area contributed by atoms with Gasteiger partial charge in [0.25, 0.3) is 5.91 Å². The molecule has 2 aliphatic rings. The van der Waals surface area contributed by atoms with Crippen LogP contribution in [0.2, 0.25) is 0 Å². The molecule has 9 heteroatoms. The van der Waals surface area contributed by atoms with Crippen molar-refractivity contribution >= 4 is 21.6 Å². The van der Waals surface area contributed by atoms with Gasteiger partial charge in [-0.15, -0.1) is 0 Å². The van der Waals surface area contributed by atoms with Crippen LogP contribution < -0.4 is 19.5 Å². The predicted molar refractivity (Wildman–Crippen MR) is 115 cm³/mol. The third-order valence-corrected chi connectivity index (χ3v) is 7.14. The first-order valence-corrected chi connectivity index (χ1v) is 11.9. The van der Waals surface area contributed by atoms with Gasteiger partial charge in [0.1, 0.15) is 19.0 Å². The number of sulfonamides is 1. The van der Waals surface area contributed by atoms with Gasteiger partial charge in [0, 0.05) is 24.8 Å². The molecule has 166 valence electrons. The van der Waals surface area contributed by atoms with Gasteiger partial charge in [0.2, 0.25) is 10.0 Å². The molecule has 2 aromatic carbocycles. The minimum Gasteiger partial charge on any atom is -0.486 e. The number of carbonyl (C=O) groups excluding carboxylic acids is 1. The molecule has 0 aliphatic carbocycles. The fourth-order valence-corrected chi connectivity index (χ4v) is 5.12. The molecule has 1 saturated heterocycles. The average molecular weight is 447 g/mol. The summed E-state index contributed by atoms with van der Waals surface area (Å²) in [6.45, 7) is 1.88. The van der Waals surface area contributed by atoms with Crippen molar-refractivity contribution in [2.75, 3.05) is 38.2 Å². The highest BCUT2D eigenvalue weighted by molar-refractivity contribution is 7.89. The number of ether oxygens (including phenoxy) is 3. The molecular weight excluding hydrogens is 420 g/mol. The summed E-state index contributed by atoms with van der Waals surface area (Å²) in [4.78, 5) is 12.4. The minimum atomic E-state index is -3.51. The first-order valence-electron chi connectivity index (χ1n) is 10.4. The molecule has 31 heavy (non-hydrogen) atoms. The summed E-state index contributed by atoms with van der Waals surface area (Å²) in [5, 5.41) is 2.74. The Bertz CT molecular complexity index is 1010. The van der Waals surface area contributed by atoms with E-state index in [9.17, 15) is 13.2 Å². The monoisotopic (exact) mass is 446 g/mol. The van der Waals surface area contributed by atoms with Crippen molar-refractivity contribution in [2.24, 2.45) is 0 Å². The number of hydrogen-bond acceptors (Lipinski definition) is 6. The zero-order chi connectivity index (χ0) is 21.7. The van der Waals surface area contributed by atoms with Crippen LogP contribution in [0.4, 0.5) is 5.69 Å². The third kappa shape index (κ3) is 5.29. The van der Waals surface area contributed by atoms with Gasteiger partial charge in [-0.2, -0.15) is 4.31 Å². The van der Waals surface area contributed by atoms with Crippen LogP contribution in [0.1, 0.15) is 25.7 Å². The number of rotatable bonds is 6. The van der Waals surface area contributed by atoms with E-state index in [1.54, 1.807) is 34.6 Å². The maximum atomic E-state index is 12.8. The zero-order valence-corrected chi connectivity index (χ0v) is 18.0. The Labute approximate surface area is 182 Å². The third-order valence-electron chi connectivity index (χ3n) is 5.22. The maximum Gasteiger partial charge on any atom is 0.262 e. The van der Waals surface area contributed by atoms with Gasteiger partial charge in [-0.1, -0.05) is 12.8 Å². The number of nitrogens with zero attached hydrogens (tertiary/aromatic N) is 1. The Morgan fingerprint density at radius 2 is 1.61 bits per heavy atom. The van der Waals surface area contributed by atoms with E-state index in [-0.39, 0.29) is 17.4 Å². The van der Waals surface area contributed by atoms with E-state index in [0.29, 0.717) is 49.2 Å². The molecule has 0 aromatic heterocycles. The molecule has 8 nitrogen and oxygen atoms in total. The van der Waals surface area contributed by atoms with Crippen molar-refractivity contribution in [2.45, 2.75) is 30.6 Å². The molecule has 0 saturated carbocycles. The number of hydrogen-bond donors (Lipinski definition) is 1. The summed E-state index contributed by atoms with van der Waals surface area (Å²) in [5.74, 6) is 1.33. The van der Waals surface area contributed by atoms with Crippen LogP contribution >= 0.6 is 0 Å². The number of anilines is 1. The minimum absolute atomic E-state index is 0.202. The Kier molecular flexibility index (Phi) is 6.62. The predicted octanol–water partition coefficient (Wildman–Crippen LogP) is 3.04. The molecule has 0 radical (unpaired) electrons. The standard InChI is InChI=1S/C22H26N2O6S/c25-22(23-17-5-10-20-21(15-17)29-14-13-28-20)16-30-18-6-8-19(9-7-18)31(26,27)24-11-3-1-2-4-12-24/h5-10,15H,1-4,11-14,16H2,(H,23,25). The highest BCUT2D eigenvalue weighted by Gasteiger charge is 2.25. The summed E-state index contributed by atoms with van der Waals surface area (Å²) in [6, 6.07) is 11.4. The molecule has 0 spiro atoms. The van der Waals surface area contributed by atoms with E-state index >= 15 is 0 Å². The molecule has 0 atom stereocenters. The second-order valence-electron chi connectivity index (χ2n) is 7.48. The Morgan fingerprint density at radius 1 is 0.935 bits per heavy atom. The van der Waals surface area contributed by atoms with Crippen LogP contribution in [0.3, 0.4) is 0 Å². The number of amides is 1. The van der Waals surface area contributed by atoms with Crippen LogP contribution in [-0.4, -0.2) is 51.5 Å². The molecular formula is C22H26N2O6S. The molecule has 4 rings (SSSR count). The maximum absolute atomic E-state index is 12.8. The largest absolute Gasteiger partial charge is 0.486 e. The topological polar surface area (TPSA) is 94.2 Å². The Morgan fingerprint density at radius 3 is 2.32 bits per heavy atom. The van der Waals surface area contributed by atoms with Gasteiger partial charge >= 0.3 is 0 Å². The number of fused-ring (bicyclic) bond motifs is 1. The molecule has 1 amide bonds. The molecule has 2 heterocycles. The lowest BCUT2D eigenvalue weighted by Crippen LogP contribution is -2.31. The van der Waals surface area contributed by atoms with E-state index in [1.807, 2.05) is 0 Å². The van der Waals surface area contributed by atoms with Crippen LogP contribution in [0, 0.1) is 0 Å². The number of nitrogens with one attached hydrogen (secondary N) is 1. The smallest absolute Gasteiger partial charge is 0.262 e.